The van der Waals surface area contributed by atoms with E-state index in [0.29, 0.717) is 5.92 Å². The lowest BCUT2D eigenvalue weighted by Crippen LogP contribution is -2.39. The Morgan fingerprint density at radius 2 is 2.22 bits per heavy atom. The molecule has 1 atom stereocenters. The number of aryl methyl sites for hydroxylation is 1. The minimum Gasteiger partial charge on any atom is -0.349 e. The minimum absolute atomic E-state index is 0. The number of hydrogen-bond acceptors (Lipinski definition) is 2. The summed E-state index contributed by atoms with van der Waals surface area (Å²) >= 11 is 0. The van der Waals surface area contributed by atoms with Gasteiger partial charge in [-0.2, -0.15) is 5.10 Å². The molecule has 18 heavy (non-hydrogen) atoms. The van der Waals surface area contributed by atoms with Gasteiger partial charge in [0, 0.05) is 53.4 Å². The van der Waals surface area contributed by atoms with Crippen molar-refractivity contribution in [1.29, 1.82) is 0 Å². The molecule has 0 spiro atoms. The predicted octanol–water partition coefficient (Wildman–Crippen LogP) is 1.37. The molecule has 1 aliphatic heterocycles. The van der Waals surface area contributed by atoms with E-state index in [4.69, 9.17) is 0 Å². The third-order valence-electron chi connectivity index (χ3n) is 3.27. The molecule has 2 heterocycles. The fraction of sp³-hybridized carbons (Fsp3) is 0.667. The van der Waals surface area contributed by atoms with E-state index in [9.17, 15) is 0 Å². The molecule has 2 rings (SSSR count). The number of likely N-dealkylation sites (tertiary alicyclic amines) is 1. The molecular formula is C12H22IN5. The summed E-state index contributed by atoms with van der Waals surface area (Å²) in [6, 6.07) is 0. The van der Waals surface area contributed by atoms with E-state index in [2.05, 4.69) is 26.1 Å². The summed E-state index contributed by atoms with van der Waals surface area (Å²) < 4.78 is 1.87. The van der Waals surface area contributed by atoms with Crippen molar-refractivity contribution in [3.05, 3.63) is 18.0 Å². The van der Waals surface area contributed by atoms with Gasteiger partial charge in [0.25, 0.3) is 0 Å². The average molecular weight is 363 g/mol. The topological polar surface area (TPSA) is 36.7 Å². The zero-order valence-corrected chi connectivity index (χ0v) is 13.8. The summed E-state index contributed by atoms with van der Waals surface area (Å²) in [6.07, 6.45) is 5.28. The number of rotatable bonds is 1. The molecule has 5 nitrogen and oxygen atoms in total. The van der Waals surface area contributed by atoms with E-state index in [1.54, 1.807) is 0 Å². The van der Waals surface area contributed by atoms with Crippen LogP contribution in [-0.2, 0) is 7.05 Å². The summed E-state index contributed by atoms with van der Waals surface area (Å²) in [7, 11) is 7.90. The lowest BCUT2D eigenvalue weighted by Gasteiger charge is -2.25. The Balaban J connectivity index is 0.00000162. The van der Waals surface area contributed by atoms with Crippen LogP contribution in [0.25, 0.3) is 0 Å². The van der Waals surface area contributed by atoms with Gasteiger partial charge in [0.05, 0.1) is 6.20 Å². The van der Waals surface area contributed by atoms with Gasteiger partial charge in [-0.1, -0.05) is 0 Å². The molecule has 1 unspecified atom stereocenters. The first-order chi connectivity index (χ1) is 8.11. The van der Waals surface area contributed by atoms with E-state index >= 15 is 0 Å². The van der Waals surface area contributed by atoms with Crippen LogP contribution >= 0.6 is 24.0 Å². The van der Waals surface area contributed by atoms with Crippen LogP contribution in [0.2, 0.25) is 0 Å². The van der Waals surface area contributed by atoms with E-state index < -0.39 is 0 Å². The van der Waals surface area contributed by atoms with Crippen LogP contribution in [0.4, 0.5) is 0 Å². The van der Waals surface area contributed by atoms with Gasteiger partial charge >= 0.3 is 0 Å². The van der Waals surface area contributed by atoms with Crippen LogP contribution in [0, 0.1) is 0 Å². The Hall–Kier alpha value is -0.790. The summed E-state index contributed by atoms with van der Waals surface area (Å²) in [5, 5.41) is 4.24. The molecule has 0 radical (unpaired) electrons. The first-order valence-corrected chi connectivity index (χ1v) is 5.99. The first-order valence-electron chi connectivity index (χ1n) is 5.99. The molecule has 1 aromatic heterocycles. The molecular weight excluding hydrogens is 341 g/mol. The first kappa shape index (κ1) is 15.3. The molecule has 0 amide bonds. The molecule has 6 heteroatoms. The maximum Gasteiger partial charge on any atom is 0.195 e. The maximum atomic E-state index is 4.35. The quantitative estimate of drug-likeness (QED) is 0.430. The van der Waals surface area contributed by atoms with E-state index in [1.165, 1.54) is 12.0 Å². The third kappa shape index (κ3) is 3.15. The third-order valence-corrected chi connectivity index (χ3v) is 3.27. The fourth-order valence-electron chi connectivity index (χ4n) is 2.49. The maximum absolute atomic E-state index is 4.35. The average Bonchev–Trinajstić information content (AvgIpc) is 2.87. The minimum atomic E-state index is 0. The Morgan fingerprint density at radius 1 is 1.50 bits per heavy atom. The fourth-order valence-corrected chi connectivity index (χ4v) is 2.49. The highest BCUT2D eigenvalue weighted by atomic mass is 127. The zero-order chi connectivity index (χ0) is 12.4. The SMILES string of the molecule is CN=C(N(C)C)N1CCC(c2cnn(C)c2)C1.I. The van der Waals surface area contributed by atoms with Crippen LogP contribution in [0.5, 0.6) is 0 Å². The number of halogens is 1. The van der Waals surface area contributed by atoms with Crippen molar-refractivity contribution >= 4 is 29.9 Å². The molecule has 1 saturated heterocycles. The van der Waals surface area contributed by atoms with Gasteiger partial charge in [-0.15, -0.1) is 24.0 Å². The standard InChI is InChI=1S/C12H21N5.HI/c1-13-12(15(2)3)17-6-5-10(9-17)11-7-14-16(4)8-11;/h7-8,10H,5-6,9H2,1-4H3;1H. The van der Waals surface area contributed by atoms with Gasteiger partial charge in [-0.3, -0.25) is 9.67 Å². The second-order valence-electron chi connectivity index (χ2n) is 4.80. The molecule has 0 N–H and O–H groups in total. The monoisotopic (exact) mass is 363 g/mol. The Bertz CT molecular complexity index is 412. The van der Waals surface area contributed by atoms with Crippen molar-refractivity contribution in [2.75, 3.05) is 34.2 Å². The van der Waals surface area contributed by atoms with Gasteiger partial charge in [-0.05, 0) is 12.0 Å². The molecule has 0 bridgehead atoms. The van der Waals surface area contributed by atoms with E-state index in [-0.39, 0.29) is 24.0 Å². The summed E-state index contributed by atoms with van der Waals surface area (Å²) in [5.74, 6) is 1.65. The van der Waals surface area contributed by atoms with Gasteiger partial charge < -0.3 is 9.80 Å². The van der Waals surface area contributed by atoms with Crippen molar-refractivity contribution in [1.82, 2.24) is 19.6 Å². The summed E-state index contributed by atoms with van der Waals surface area (Å²) in [4.78, 5) is 8.77. The van der Waals surface area contributed by atoms with E-state index in [1.807, 2.05) is 39.1 Å². The number of guanidine groups is 1. The summed E-state index contributed by atoms with van der Waals surface area (Å²) in [6.45, 7) is 2.11. The largest absolute Gasteiger partial charge is 0.349 e. The van der Waals surface area contributed by atoms with Crippen molar-refractivity contribution < 1.29 is 0 Å². The van der Waals surface area contributed by atoms with Gasteiger partial charge in [0.2, 0.25) is 0 Å². The molecule has 0 aromatic carbocycles. The van der Waals surface area contributed by atoms with Gasteiger partial charge in [0.15, 0.2) is 5.96 Å². The van der Waals surface area contributed by atoms with Crippen LogP contribution in [-0.4, -0.2) is 59.8 Å². The van der Waals surface area contributed by atoms with Crippen molar-refractivity contribution in [3.8, 4) is 0 Å². The number of hydrogen-bond donors (Lipinski definition) is 0. The molecule has 102 valence electrons. The van der Waals surface area contributed by atoms with Crippen molar-refractivity contribution in [3.63, 3.8) is 0 Å². The normalized spacial score (nSPS) is 19.9. The van der Waals surface area contributed by atoms with E-state index in [0.717, 1.165) is 19.0 Å². The van der Waals surface area contributed by atoms with Gasteiger partial charge in [0.1, 0.15) is 0 Å². The lowest BCUT2D eigenvalue weighted by atomic mass is 10.0. The van der Waals surface area contributed by atoms with Crippen LogP contribution < -0.4 is 0 Å². The van der Waals surface area contributed by atoms with Gasteiger partial charge in [-0.25, -0.2) is 0 Å². The Kier molecular flexibility index (Phi) is 5.43. The Morgan fingerprint density at radius 3 is 2.72 bits per heavy atom. The second-order valence-corrected chi connectivity index (χ2v) is 4.80. The summed E-state index contributed by atoms with van der Waals surface area (Å²) in [5.41, 5.74) is 1.34. The second kappa shape index (κ2) is 6.40. The van der Waals surface area contributed by atoms with Crippen molar-refractivity contribution in [2.45, 2.75) is 12.3 Å². The molecule has 0 aliphatic carbocycles. The zero-order valence-electron chi connectivity index (χ0n) is 11.5. The predicted molar refractivity (Wildman–Crippen MR) is 84.6 cm³/mol. The molecule has 1 aliphatic rings. The molecule has 1 fully saturated rings. The lowest BCUT2D eigenvalue weighted by molar-refractivity contribution is 0.425. The smallest absolute Gasteiger partial charge is 0.195 e. The Labute approximate surface area is 126 Å². The highest BCUT2D eigenvalue weighted by Gasteiger charge is 2.27. The number of aliphatic imine (C=N–C) groups is 1. The highest BCUT2D eigenvalue weighted by Crippen LogP contribution is 2.27. The van der Waals surface area contributed by atoms with Crippen molar-refractivity contribution in [2.24, 2.45) is 12.0 Å². The van der Waals surface area contributed by atoms with Crippen LogP contribution in [0.3, 0.4) is 0 Å². The molecule has 1 aromatic rings. The van der Waals surface area contributed by atoms with Crippen LogP contribution in [0.15, 0.2) is 17.4 Å². The van der Waals surface area contributed by atoms with Crippen LogP contribution in [0.1, 0.15) is 17.9 Å². The highest BCUT2D eigenvalue weighted by molar-refractivity contribution is 14.0. The number of aromatic nitrogens is 2. The molecule has 0 saturated carbocycles. The number of nitrogens with zero attached hydrogens (tertiary/aromatic N) is 5.